The molecule has 0 saturated carbocycles. The first-order chi connectivity index (χ1) is 7.27. The number of nitrogens with zero attached hydrogens (tertiary/aromatic N) is 3. The summed E-state index contributed by atoms with van der Waals surface area (Å²) < 4.78 is 0. The predicted molar refractivity (Wildman–Crippen MR) is 49.8 cm³/mol. The number of aromatic nitrogens is 4. The number of carboxylic acids is 1. The molecule has 0 fully saturated rings. The van der Waals surface area contributed by atoms with Crippen molar-refractivity contribution in [2.75, 3.05) is 11.9 Å². The fraction of sp³-hybridized carbons (Fsp3) is 0.250. The van der Waals surface area contributed by atoms with Crippen LogP contribution in [0.25, 0.3) is 11.2 Å². The van der Waals surface area contributed by atoms with Crippen LogP contribution in [0.2, 0.25) is 0 Å². The van der Waals surface area contributed by atoms with Crippen molar-refractivity contribution in [1.82, 2.24) is 19.9 Å². The first kappa shape index (κ1) is 9.38. The normalized spacial score (nSPS) is 10.4. The number of rotatable bonds is 4. The van der Waals surface area contributed by atoms with Gasteiger partial charge in [-0.15, -0.1) is 0 Å². The van der Waals surface area contributed by atoms with Gasteiger partial charge in [0.25, 0.3) is 0 Å². The van der Waals surface area contributed by atoms with E-state index in [0.717, 1.165) is 0 Å². The Morgan fingerprint density at radius 1 is 1.47 bits per heavy atom. The van der Waals surface area contributed by atoms with Crippen LogP contribution in [0.1, 0.15) is 6.42 Å². The van der Waals surface area contributed by atoms with Crippen LogP contribution in [-0.4, -0.2) is 32.4 Å². The number of carboxylic acid groups (broad SMARTS) is 1. The zero-order valence-electron chi connectivity index (χ0n) is 7.73. The van der Waals surface area contributed by atoms with E-state index in [4.69, 9.17) is 0 Å². The molecule has 0 atom stereocenters. The topological polar surface area (TPSA) is 107 Å². The molecule has 0 unspecified atom stereocenters. The van der Waals surface area contributed by atoms with Gasteiger partial charge in [-0.1, -0.05) is 0 Å². The van der Waals surface area contributed by atoms with Crippen molar-refractivity contribution in [3.8, 4) is 0 Å². The third-order valence-electron chi connectivity index (χ3n) is 1.84. The van der Waals surface area contributed by atoms with E-state index in [1.54, 1.807) is 0 Å². The summed E-state index contributed by atoms with van der Waals surface area (Å²) >= 11 is 0. The number of carbonyl (C=O) groups is 1. The molecule has 0 aromatic carbocycles. The minimum absolute atomic E-state index is 0.0698. The van der Waals surface area contributed by atoms with Gasteiger partial charge >= 0.3 is 0 Å². The standard InChI is InChI=1S/C8H9N5O2/c14-5(15)1-2-9-7-6-8(11-3-10-6)13-4-12-7/h3-4H,1-2H2,(H,14,15)(H2,9,10,11,12,13)/p-1. The highest BCUT2D eigenvalue weighted by molar-refractivity contribution is 5.82. The minimum atomic E-state index is -1.10. The average molecular weight is 206 g/mol. The van der Waals surface area contributed by atoms with Crippen molar-refractivity contribution in [2.24, 2.45) is 0 Å². The second-order valence-electron chi connectivity index (χ2n) is 2.87. The van der Waals surface area contributed by atoms with Gasteiger partial charge < -0.3 is 20.2 Å². The Balaban J connectivity index is 2.13. The number of H-pyrrole nitrogens is 1. The minimum Gasteiger partial charge on any atom is -0.550 e. The van der Waals surface area contributed by atoms with E-state index in [2.05, 4.69) is 25.3 Å². The number of nitrogens with one attached hydrogen (secondary N) is 2. The van der Waals surface area contributed by atoms with E-state index in [-0.39, 0.29) is 13.0 Å². The lowest BCUT2D eigenvalue weighted by atomic mass is 10.4. The van der Waals surface area contributed by atoms with Gasteiger partial charge in [0.1, 0.15) is 11.8 Å². The molecule has 0 aliphatic heterocycles. The molecular formula is C8H8N5O2-. The van der Waals surface area contributed by atoms with E-state index >= 15 is 0 Å². The van der Waals surface area contributed by atoms with Crippen LogP contribution in [0.5, 0.6) is 0 Å². The monoisotopic (exact) mass is 206 g/mol. The Morgan fingerprint density at radius 2 is 2.33 bits per heavy atom. The summed E-state index contributed by atoms with van der Waals surface area (Å²) in [5, 5.41) is 13.1. The largest absolute Gasteiger partial charge is 0.550 e. The molecule has 0 aliphatic carbocycles. The summed E-state index contributed by atoms with van der Waals surface area (Å²) in [6, 6.07) is 0. The quantitative estimate of drug-likeness (QED) is 0.657. The molecule has 7 nitrogen and oxygen atoms in total. The summed E-state index contributed by atoms with van der Waals surface area (Å²) in [5.41, 5.74) is 1.21. The smallest absolute Gasteiger partial charge is 0.182 e. The second-order valence-corrected chi connectivity index (χ2v) is 2.87. The van der Waals surface area contributed by atoms with Gasteiger partial charge in [-0.05, 0) is 0 Å². The molecule has 7 heteroatoms. The van der Waals surface area contributed by atoms with Gasteiger partial charge in [0.05, 0.1) is 6.33 Å². The van der Waals surface area contributed by atoms with Gasteiger partial charge in [0, 0.05) is 18.9 Å². The van der Waals surface area contributed by atoms with Gasteiger partial charge in [-0.3, -0.25) is 0 Å². The summed E-state index contributed by atoms with van der Waals surface area (Å²) in [6.45, 7) is 0.257. The van der Waals surface area contributed by atoms with Crippen LogP contribution in [0.3, 0.4) is 0 Å². The molecule has 2 heterocycles. The van der Waals surface area contributed by atoms with Crippen molar-refractivity contribution in [1.29, 1.82) is 0 Å². The molecular weight excluding hydrogens is 198 g/mol. The van der Waals surface area contributed by atoms with Gasteiger partial charge in [-0.2, -0.15) is 0 Å². The Labute approximate surface area is 84.6 Å². The lowest BCUT2D eigenvalue weighted by Gasteiger charge is -2.05. The molecule has 15 heavy (non-hydrogen) atoms. The zero-order chi connectivity index (χ0) is 10.7. The molecule has 2 aromatic heterocycles. The highest BCUT2D eigenvalue weighted by atomic mass is 16.4. The fourth-order valence-electron chi connectivity index (χ4n) is 1.18. The number of carbonyl (C=O) groups excluding carboxylic acids is 1. The molecule has 2 N–H and O–H groups in total. The Morgan fingerprint density at radius 3 is 3.13 bits per heavy atom. The Bertz CT molecular complexity index is 481. The van der Waals surface area contributed by atoms with Crippen molar-refractivity contribution in [2.45, 2.75) is 6.42 Å². The lowest BCUT2D eigenvalue weighted by molar-refractivity contribution is -0.305. The predicted octanol–water partition coefficient (Wildman–Crippen LogP) is -1.10. The van der Waals surface area contributed by atoms with Crippen LogP contribution in [-0.2, 0) is 4.79 Å². The maximum Gasteiger partial charge on any atom is 0.182 e. The maximum absolute atomic E-state index is 10.2. The lowest BCUT2D eigenvalue weighted by Crippen LogP contribution is -2.24. The van der Waals surface area contributed by atoms with Crippen molar-refractivity contribution in [3.05, 3.63) is 12.7 Å². The average Bonchev–Trinajstić information content (AvgIpc) is 2.65. The van der Waals surface area contributed by atoms with Crippen LogP contribution in [0.15, 0.2) is 12.7 Å². The molecule has 0 bridgehead atoms. The van der Waals surface area contributed by atoms with E-state index in [1.165, 1.54) is 12.7 Å². The number of aliphatic carboxylic acids is 1. The molecule has 0 saturated heterocycles. The summed E-state index contributed by atoms with van der Waals surface area (Å²) in [7, 11) is 0. The van der Waals surface area contributed by atoms with E-state index in [1.807, 2.05) is 0 Å². The molecule has 0 spiro atoms. The molecule has 2 rings (SSSR count). The Kier molecular flexibility index (Phi) is 2.44. The highest BCUT2D eigenvalue weighted by Crippen LogP contribution is 2.13. The third-order valence-corrected chi connectivity index (χ3v) is 1.84. The van der Waals surface area contributed by atoms with Gasteiger partial charge in [0.15, 0.2) is 11.5 Å². The van der Waals surface area contributed by atoms with Crippen molar-refractivity contribution in [3.63, 3.8) is 0 Å². The number of hydrogen-bond donors (Lipinski definition) is 2. The Hall–Kier alpha value is -2.18. The van der Waals surface area contributed by atoms with E-state index in [9.17, 15) is 9.90 Å². The van der Waals surface area contributed by atoms with Crippen molar-refractivity contribution < 1.29 is 9.90 Å². The molecule has 0 amide bonds. The molecule has 78 valence electrons. The number of hydrogen-bond acceptors (Lipinski definition) is 6. The maximum atomic E-state index is 10.2. The van der Waals surface area contributed by atoms with Crippen LogP contribution < -0.4 is 10.4 Å². The third kappa shape index (κ3) is 2.01. The van der Waals surface area contributed by atoms with E-state index < -0.39 is 5.97 Å². The van der Waals surface area contributed by atoms with Gasteiger partial charge in [0.2, 0.25) is 0 Å². The first-order valence-corrected chi connectivity index (χ1v) is 4.35. The van der Waals surface area contributed by atoms with E-state index in [0.29, 0.717) is 17.0 Å². The number of fused-ring (bicyclic) bond motifs is 1. The van der Waals surface area contributed by atoms with Crippen LogP contribution in [0, 0.1) is 0 Å². The molecule has 2 aromatic rings. The summed E-state index contributed by atoms with van der Waals surface area (Å²) in [5.74, 6) is -0.559. The fourth-order valence-corrected chi connectivity index (χ4v) is 1.18. The summed E-state index contributed by atoms with van der Waals surface area (Å²) in [4.78, 5) is 24.9. The van der Waals surface area contributed by atoms with Gasteiger partial charge in [-0.25, -0.2) is 15.0 Å². The highest BCUT2D eigenvalue weighted by Gasteiger charge is 2.03. The molecule has 0 aliphatic rings. The first-order valence-electron chi connectivity index (χ1n) is 4.35. The number of aromatic amines is 1. The second kappa shape index (κ2) is 3.91. The van der Waals surface area contributed by atoms with Crippen LogP contribution in [0.4, 0.5) is 5.82 Å². The number of imidazole rings is 1. The zero-order valence-corrected chi connectivity index (χ0v) is 7.73. The van der Waals surface area contributed by atoms with Crippen molar-refractivity contribution >= 4 is 23.0 Å². The molecule has 0 radical (unpaired) electrons. The summed E-state index contributed by atoms with van der Waals surface area (Å²) in [6.07, 6.45) is 2.80. The number of anilines is 1. The SMILES string of the molecule is O=C([O-])CCNc1ncnc2nc[nH]c12. The van der Waals surface area contributed by atoms with Crippen LogP contribution >= 0.6 is 0 Å².